The highest BCUT2D eigenvalue weighted by molar-refractivity contribution is 5.79. The van der Waals surface area contributed by atoms with Crippen molar-refractivity contribution in [3.05, 3.63) is 54.2 Å². The second-order valence-electron chi connectivity index (χ2n) is 6.83. The summed E-state index contributed by atoms with van der Waals surface area (Å²) in [7, 11) is 0. The zero-order valence-electron chi connectivity index (χ0n) is 14.1. The number of furan rings is 1. The van der Waals surface area contributed by atoms with Gasteiger partial charge in [0.05, 0.1) is 36.8 Å². The van der Waals surface area contributed by atoms with Gasteiger partial charge in [-0.2, -0.15) is 0 Å². The number of fused-ring (bicyclic) bond motifs is 1. The van der Waals surface area contributed by atoms with Crippen LogP contribution in [0.1, 0.15) is 17.7 Å². The standard InChI is InChI=1S/C19H23N3O3/c23-19(21-9-15-3-1-2-6-20-15)17-11-22(10-14-4-7-24-13-14)12-18-16(17)5-8-25-18/h1-4,6-7,13,16-18H,5,8-12H2,(H,21,23)/t16-,17+,18+/m0/s1. The van der Waals surface area contributed by atoms with Crippen molar-refractivity contribution in [3.8, 4) is 0 Å². The van der Waals surface area contributed by atoms with Gasteiger partial charge in [0.2, 0.25) is 5.91 Å². The minimum atomic E-state index is -0.0446. The summed E-state index contributed by atoms with van der Waals surface area (Å²) >= 11 is 0. The smallest absolute Gasteiger partial charge is 0.225 e. The molecule has 2 aromatic heterocycles. The van der Waals surface area contributed by atoms with Gasteiger partial charge in [-0.15, -0.1) is 0 Å². The molecular weight excluding hydrogens is 318 g/mol. The molecule has 2 aromatic rings. The molecule has 4 rings (SSSR count). The van der Waals surface area contributed by atoms with Crippen LogP contribution in [0.2, 0.25) is 0 Å². The lowest BCUT2D eigenvalue weighted by atomic mass is 9.82. The predicted molar refractivity (Wildman–Crippen MR) is 91.4 cm³/mol. The molecule has 0 saturated carbocycles. The van der Waals surface area contributed by atoms with Gasteiger partial charge in [0.15, 0.2) is 0 Å². The summed E-state index contributed by atoms with van der Waals surface area (Å²) in [5.41, 5.74) is 2.00. The summed E-state index contributed by atoms with van der Waals surface area (Å²) in [6.45, 7) is 3.63. The number of amides is 1. The molecule has 25 heavy (non-hydrogen) atoms. The number of ether oxygens (including phenoxy) is 1. The number of likely N-dealkylation sites (tertiary alicyclic amines) is 1. The number of carbonyl (C=O) groups is 1. The minimum absolute atomic E-state index is 0.0446. The van der Waals surface area contributed by atoms with E-state index in [1.54, 1.807) is 18.7 Å². The lowest BCUT2D eigenvalue weighted by Crippen LogP contribution is -2.52. The van der Waals surface area contributed by atoms with E-state index in [0.717, 1.165) is 43.9 Å². The molecule has 0 aromatic carbocycles. The molecule has 4 heterocycles. The molecule has 0 bridgehead atoms. The molecule has 2 aliphatic rings. The van der Waals surface area contributed by atoms with Crippen LogP contribution < -0.4 is 5.32 Å². The maximum Gasteiger partial charge on any atom is 0.225 e. The number of nitrogens with zero attached hydrogens (tertiary/aromatic N) is 2. The molecule has 0 unspecified atom stereocenters. The first-order chi connectivity index (χ1) is 12.3. The molecule has 2 fully saturated rings. The minimum Gasteiger partial charge on any atom is -0.472 e. The van der Waals surface area contributed by atoms with Crippen molar-refractivity contribution in [3.63, 3.8) is 0 Å². The van der Waals surface area contributed by atoms with E-state index in [0.29, 0.717) is 12.5 Å². The van der Waals surface area contributed by atoms with Crippen molar-refractivity contribution in [2.75, 3.05) is 19.7 Å². The first-order valence-electron chi connectivity index (χ1n) is 8.82. The van der Waals surface area contributed by atoms with Crippen LogP contribution in [0, 0.1) is 11.8 Å². The normalized spacial score (nSPS) is 26.3. The highest BCUT2D eigenvalue weighted by Gasteiger charge is 2.43. The fraction of sp³-hybridized carbons (Fsp3) is 0.474. The van der Waals surface area contributed by atoms with Crippen molar-refractivity contribution in [2.24, 2.45) is 11.8 Å². The molecule has 0 spiro atoms. The first-order valence-corrected chi connectivity index (χ1v) is 8.82. The van der Waals surface area contributed by atoms with Crippen LogP contribution >= 0.6 is 0 Å². The van der Waals surface area contributed by atoms with Crippen molar-refractivity contribution in [2.45, 2.75) is 25.6 Å². The molecule has 0 radical (unpaired) electrons. The Bertz CT molecular complexity index is 689. The first kappa shape index (κ1) is 16.3. The van der Waals surface area contributed by atoms with Gasteiger partial charge in [-0.25, -0.2) is 0 Å². The summed E-state index contributed by atoms with van der Waals surface area (Å²) in [6, 6.07) is 7.70. The number of carbonyl (C=O) groups excluding carboxylic acids is 1. The third-order valence-electron chi connectivity index (χ3n) is 5.16. The van der Waals surface area contributed by atoms with Gasteiger partial charge in [-0.1, -0.05) is 6.07 Å². The van der Waals surface area contributed by atoms with Crippen molar-refractivity contribution < 1.29 is 13.9 Å². The fourth-order valence-electron chi connectivity index (χ4n) is 3.91. The van der Waals surface area contributed by atoms with Crippen LogP contribution in [-0.2, 0) is 22.6 Å². The molecule has 0 aliphatic carbocycles. The Morgan fingerprint density at radius 1 is 1.32 bits per heavy atom. The number of hydrogen-bond acceptors (Lipinski definition) is 5. The van der Waals surface area contributed by atoms with E-state index in [1.807, 2.05) is 24.3 Å². The molecule has 1 amide bonds. The number of pyridine rings is 1. The third-order valence-corrected chi connectivity index (χ3v) is 5.16. The molecule has 2 saturated heterocycles. The van der Waals surface area contributed by atoms with Crippen LogP contribution in [0.3, 0.4) is 0 Å². The Balaban J connectivity index is 1.41. The Labute approximate surface area is 147 Å². The molecule has 1 N–H and O–H groups in total. The number of piperidine rings is 1. The molecule has 3 atom stereocenters. The molecule has 132 valence electrons. The maximum atomic E-state index is 12.8. The maximum absolute atomic E-state index is 12.8. The Kier molecular flexibility index (Phi) is 4.81. The summed E-state index contributed by atoms with van der Waals surface area (Å²) in [4.78, 5) is 19.4. The zero-order chi connectivity index (χ0) is 17.1. The van der Waals surface area contributed by atoms with E-state index in [-0.39, 0.29) is 17.9 Å². The van der Waals surface area contributed by atoms with Crippen LogP contribution in [-0.4, -0.2) is 41.6 Å². The van der Waals surface area contributed by atoms with E-state index in [2.05, 4.69) is 15.2 Å². The summed E-state index contributed by atoms with van der Waals surface area (Å²) in [5.74, 6) is 0.365. The quantitative estimate of drug-likeness (QED) is 0.899. The van der Waals surface area contributed by atoms with E-state index in [9.17, 15) is 4.79 Å². The monoisotopic (exact) mass is 341 g/mol. The van der Waals surface area contributed by atoms with Crippen molar-refractivity contribution >= 4 is 5.91 Å². The topological polar surface area (TPSA) is 67.6 Å². The van der Waals surface area contributed by atoms with Crippen molar-refractivity contribution in [1.29, 1.82) is 0 Å². The van der Waals surface area contributed by atoms with Gasteiger partial charge in [-0.3, -0.25) is 14.7 Å². The van der Waals surface area contributed by atoms with Crippen LogP contribution in [0.25, 0.3) is 0 Å². The predicted octanol–water partition coefficient (Wildman–Crippen LogP) is 1.83. The average molecular weight is 341 g/mol. The van der Waals surface area contributed by atoms with Crippen LogP contribution in [0.4, 0.5) is 0 Å². The molecule has 6 nitrogen and oxygen atoms in total. The largest absolute Gasteiger partial charge is 0.472 e. The zero-order valence-corrected chi connectivity index (χ0v) is 14.1. The van der Waals surface area contributed by atoms with Gasteiger partial charge in [0.1, 0.15) is 0 Å². The SMILES string of the molecule is O=C(NCc1ccccn1)[C@@H]1CN(Cc2ccoc2)C[C@H]2OCC[C@H]21. The number of rotatable bonds is 5. The second kappa shape index (κ2) is 7.37. The lowest BCUT2D eigenvalue weighted by Gasteiger charge is -2.39. The number of nitrogens with one attached hydrogen (secondary N) is 1. The second-order valence-corrected chi connectivity index (χ2v) is 6.83. The number of hydrogen-bond donors (Lipinski definition) is 1. The van der Waals surface area contributed by atoms with Gasteiger partial charge in [0, 0.05) is 43.9 Å². The van der Waals surface area contributed by atoms with Crippen LogP contribution in [0.5, 0.6) is 0 Å². The molecule has 2 aliphatic heterocycles. The lowest BCUT2D eigenvalue weighted by molar-refractivity contribution is -0.131. The van der Waals surface area contributed by atoms with E-state index >= 15 is 0 Å². The summed E-state index contributed by atoms with van der Waals surface area (Å²) < 4.78 is 11.1. The fourth-order valence-corrected chi connectivity index (χ4v) is 3.91. The Morgan fingerprint density at radius 3 is 3.08 bits per heavy atom. The average Bonchev–Trinajstić information content (AvgIpc) is 3.31. The van der Waals surface area contributed by atoms with E-state index < -0.39 is 0 Å². The highest BCUT2D eigenvalue weighted by Crippen LogP contribution is 2.34. The highest BCUT2D eigenvalue weighted by atomic mass is 16.5. The third kappa shape index (κ3) is 3.75. The van der Waals surface area contributed by atoms with Gasteiger partial charge >= 0.3 is 0 Å². The van der Waals surface area contributed by atoms with Gasteiger partial charge in [-0.05, 0) is 24.6 Å². The Morgan fingerprint density at radius 2 is 2.28 bits per heavy atom. The summed E-state index contributed by atoms with van der Waals surface area (Å²) in [5, 5.41) is 3.06. The van der Waals surface area contributed by atoms with Crippen molar-refractivity contribution in [1.82, 2.24) is 15.2 Å². The van der Waals surface area contributed by atoms with Gasteiger partial charge < -0.3 is 14.5 Å². The molecule has 6 heteroatoms. The van der Waals surface area contributed by atoms with E-state index in [1.165, 1.54) is 0 Å². The van der Waals surface area contributed by atoms with E-state index in [4.69, 9.17) is 9.15 Å². The number of aromatic nitrogens is 1. The summed E-state index contributed by atoms with van der Waals surface area (Å²) in [6.07, 6.45) is 6.30. The Hall–Kier alpha value is -2.18. The molecular formula is C19H23N3O3. The van der Waals surface area contributed by atoms with Gasteiger partial charge in [0.25, 0.3) is 0 Å². The van der Waals surface area contributed by atoms with Crippen LogP contribution in [0.15, 0.2) is 47.4 Å².